The van der Waals surface area contributed by atoms with Crippen LogP contribution < -0.4 is 10.2 Å². The van der Waals surface area contributed by atoms with Gasteiger partial charge in [0.1, 0.15) is 17.5 Å². The molecule has 0 saturated carbocycles. The third kappa shape index (κ3) is 3.55. The Labute approximate surface area is 147 Å². The molecule has 0 bridgehead atoms. The van der Waals surface area contributed by atoms with Gasteiger partial charge in [-0.1, -0.05) is 13.0 Å². The van der Waals surface area contributed by atoms with Crippen LogP contribution in [0.5, 0.6) is 0 Å². The lowest BCUT2D eigenvalue weighted by atomic mass is 9.99. The van der Waals surface area contributed by atoms with Gasteiger partial charge >= 0.3 is 0 Å². The zero-order valence-electron chi connectivity index (χ0n) is 14.7. The van der Waals surface area contributed by atoms with Crippen LogP contribution in [0.3, 0.4) is 0 Å². The van der Waals surface area contributed by atoms with Crippen LogP contribution in [0, 0.1) is 12.8 Å². The van der Waals surface area contributed by atoms with E-state index in [9.17, 15) is 0 Å². The number of hydrogen-bond donors (Lipinski definition) is 1. The summed E-state index contributed by atoms with van der Waals surface area (Å²) in [6.45, 7) is 7.07. The van der Waals surface area contributed by atoms with Crippen molar-refractivity contribution < 1.29 is 0 Å². The summed E-state index contributed by atoms with van der Waals surface area (Å²) in [4.78, 5) is 11.3. The van der Waals surface area contributed by atoms with Crippen LogP contribution in [0.1, 0.15) is 31.2 Å². The van der Waals surface area contributed by atoms with E-state index in [1.54, 1.807) is 4.63 Å². The number of aryl methyl sites for hydroxylation is 1. The minimum Gasteiger partial charge on any atom is -0.364 e. The number of rotatable bonds is 4. The molecule has 3 aromatic heterocycles. The van der Waals surface area contributed by atoms with Crippen molar-refractivity contribution >= 4 is 17.3 Å². The monoisotopic (exact) mass is 337 g/mol. The first-order chi connectivity index (χ1) is 12.2. The maximum atomic E-state index is 4.63. The second-order valence-electron chi connectivity index (χ2n) is 6.77. The standard InChI is InChI=1S/C18H23N7/c1-13-7-9-24(10-8-13)17-5-3-15(12-20-17)11-19-16-4-6-18-21-14(2)22-25(18)23-16/h3-6,12-13H,7-11H2,1-2H3,(H,19,23). The summed E-state index contributed by atoms with van der Waals surface area (Å²) in [5.41, 5.74) is 1.88. The lowest BCUT2D eigenvalue weighted by Gasteiger charge is -2.31. The van der Waals surface area contributed by atoms with Gasteiger partial charge in [0.15, 0.2) is 5.65 Å². The fourth-order valence-corrected chi connectivity index (χ4v) is 3.12. The van der Waals surface area contributed by atoms with E-state index in [0.717, 1.165) is 47.7 Å². The molecule has 0 amide bonds. The molecule has 0 atom stereocenters. The van der Waals surface area contributed by atoms with E-state index in [0.29, 0.717) is 6.54 Å². The minimum atomic E-state index is 0.677. The molecule has 0 aromatic carbocycles. The fraction of sp³-hybridized carbons (Fsp3) is 0.444. The lowest BCUT2D eigenvalue weighted by Crippen LogP contribution is -2.33. The van der Waals surface area contributed by atoms with Gasteiger partial charge in [0.2, 0.25) is 0 Å². The first kappa shape index (κ1) is 15.8. The third-order valence-corrected chi connectivity index (χ3v) is 4.70. The van der Waals surface area contributed by atoms with Gasteiger partial charge in [0.25, 0.3) is 0 Å². The van der Waals surface area contributed by atoms with Gasteiger partial charge in [-0.3, -0.25) is 0 Å². The zero-order chi connectivity index (χ0) is 17.2. The van der Waals surface area contributed by atoms with Crippen molar-refractivity contribution in [3.8, 4) is 0 Å². The Morgan fingerprint density at radius 3 is 2.72 bits per heavy atom. The highest BCUT2D eigenvalue weighted by Crippen LogP contribution is 2.21. The number of aromatic nitrogens is 5. The molecule has 1 aliphatic rings. The molecule has 0 aliphatic carbocycles. The van der Waals surface area contributed by atoms with Crippen molar-refractivity contribution in [1.82, 2.24) is 24.8 Å². The van der Waals surface area contributed by atoms with Gasteiger partial charge in [-0.05, 0) is 49.4 Å². The Balaban J connectivity index is 1.38. The largest absolute Gasteiger partial charge is 0.364 e. The Bertz CT molecular complexity index is 847. The summed E-state index contributed by atoms with van der Waals surface area (Å²) in [6.07, 6.45) is 4.44. The average molecular weight is 337 g/mol. The van der Waals surface area contributed by atoms with Gasteiger partial charge in [0, 0.05) is 25.8 Å². The molecule has 1 aliphatic heterocycles. The van der Waals surface area contributed by atoms with Crippen molar-refractivity contribution in [1.29, 1.82) is 0 Å². The number of fused-ring (bicyclic) bond motifs is 1. The van der Waals surface area contributed by atoms with Gasteiger partial charge in [-0.2, -0.15) is 0 Å². The number of pyridine rings is 1. The van der Waals surface area contributed by atoms with Crippen molar-refractivity contribution in [3.63, 3.8) is 0 Å². The predicted octanol–water partition coefficient (Wildman–Crippen LogP) is 2.68. The predicted molar refractivity (Wildman–Crippen MR) is 97.7 cm³/mol. The van der Waals surface area contributed by atoms with E-state index in [-0.39, 0.29) is 0 Å². The normalized spacial score (nSPS) is 15.7. The molecular weight excluding hydrogens is 314 g/mol. The first-order valence-electron chi connectivity index (χ1n) is 8.82. The number of anilines is 2. The van der Waals surface area contributed by atoms with Crippen molar-refractivity contribution in [2.75, 3.05) is 23.3 Å². The van der Waals surface area contributed by atoms with Crippen molar-refractivity contribution in [3.05, 3.63) is 41.9 Å². The van der Waals surface area contributed by atoms with Gasteiger partial charge < -0.3 is 10.2 Å². The molecule has 0 unspecified atom stereocenters. The minimum absolute atomic E-state index is 0.677. The summed E-state index contributed by atoms with van der Waals surface area (Å²) in [6, 6.07) is 8.07. The quantitative estimate of drug-likeness (QED) is 0.789. The second kappa shape index (κ2) is 6.66. The smallest absolute Gasteiger partial charge is 0.176 e. The number of hydrogen-bond acceptors (Lipinski definition) is 6. The maximum absolute atomic E-state index is 4.63. The fourth-order valence-electron chi connectivity index (χ4n) is 3.12. The Morgan fingerprint density at radius 2 is 1.96 bits per heavy atom. The van der Waals surface area contributed by atoms with E-state index < -0.39 is 0 Å². The second-order valence-corrected chi connectivity index (χ2v) is 6.77. The van der Waals surface area contributed by atoms with Crippen LogP contribution in [0.4, 0.5) is 11.6 Å². The number of piperidine rings is 1. The summed E-state index contributed by atoms with van der Waals surface area (Å²) in [7, 11) is 0. The Kier molecular flexibility index (Phi) is 4.21. The van der Waals surface area contributed by atoms with Crippen LogP contribution in [0.15, 0.2) is 30.5 Å². The van der Waals surface area contributed by atoms with Crippen molar-refractivity contribution in [2.24, 2.45) is 5.92 Å². The van der Waals surface area contributed by atoms with Crippen LogP contribution in [-0.4, -0.2) is 37.9 Å². The maximum Gasteiger partial charge on any atom is 0.176 e. The SMILES string of the molecule is Cc1nc2ccc(NCc3ccc(N4CCC(C)CC4)nc3)nn2n1. The lowest BCUT2D eigenvalue weighted by molar-refractivity contribution is 0.436. The molecule has 4 rings (SSSR count). The topological polar surface area (TPSA) is 71.2 Å². The molecule has 25 heavy (non-hydrogen) atoms. The molecule has 0 radical (unpaired) electrons. The van der Waals surface area contributed by atoms with E-state index >= 15 is 0 Å². The summed E-state index contributed by atoms with van der Waals surface area (Å²) in [5, 5.41) is 12.0. The van der Waals surface area contributed by atoms with Crippen LogP contribution in [0.2, 0.25) is 0 Å². The molecule has 3 aromatic rings. The average Bonchev–Trinajstić information content (AvgIpc) is 3.00. The van der Waals surface area contributed by atoms with Gasteiger partial charge in [-0.15, -0.1) is 14.8 Å². The number of nitrogens with one attached hydrogen (secondary N) is 1. The highest BCUT2D eigenvalue weighted by Gasteiger charge is 2.16. The molecule has 1 fully saturated rings. The van der Waals surface area contributed by atoms with E-state index in [4.69, 9.17) is 0 Å². The van der Waals surface area contributed by atoms with Gasteiger partial charge in [0.05, 0.1) is 0 Å². The van der Waals surface area contributed by atoms with Gasteiger partial charge in [-0.25, -0.2) is 9.97 Å². The molecule has 0 spiro atoms. The van der Waals surface area contributed by atoms with Crippen molar-refractivity contribution in [2.45, 2.75) is 33.2 Å². The highest BCUT2D eigenvalue weighted by atomic mass is 15.5. The molecule has 130 valence electrons. The molecular formula is C18H23N7. The Morgan fingerprint density at radius 1 is 1.12 bits per heavy atom. The molecule has 7 heteroatoms. The van der Waals surface area contributed by atoms with Crippen LogP contribution >= 0.6 is 0 Å². The van der Waals surface area contributed by atoms with E-state index in [1.165, 1.54) is 12.8 Å². The molecule has 7 nitrogen and oxygen atoms in total. The first-order valence-corrected chi connectivity index (χ1v) is 8.82. The Hall–Kier alpha value is -2.70. The third-order valence-electron chi connectivity index (χ3n) is 4.70. The van der Waals surface area contributed by atoms with E-state index in [1.807, 2.05) is 25.3 Å². The molecule has 1 N–H and O–H groups in total. The zero-order valence-corrected chi connectivity index (χ0v) is 14.7. The summed E-state index contributed by atoms with van der Waals surface area (Å²) in [5.74, 6) is 3.40. The van der Waals surface area contributed by atoms with Crippen LogP contribution in [0.25, 0.3) is 5.65 Å². The van der Waals surface area contributed by atoms with Crippen LogP contribution in [-0.2, 0) is 6.54 Å². The molecule has 4 heterocycles. The summed E-state index contributed by atoms with van der Waals surface area (Å²) < 4.78 is 1.55. The molecule has 1 saturated heterocycles. The number of nitrogens with zero attached hydrogens (tertiary/aromatic N) is 6. The summed E-state index contributed by atoms with van der Waals surface area (Å²) >= 11 is 0. The highest BCUT2D eigenvalue weighted by molar-refractivity contribution is 5.44. The van der Waals surface area contributed by atoms with E-state index in [2.05, 4.69) is 49.4 Å².